The van der Waals surface area contributed by atoms with Crippen molar-refractivity contribution in [1.29, 1.82) is 0 Å². The summed E-state index contributed by atoms with van der Waals surface area (Å²) in [6, 6.07) is 6.86. The van der Waals surface area contributed by atoms with Gasteiger partial charge < -0.3 is 10.4 Å². The molecule has 3 unspecified atom stereocenters. The van der Waals surface area contributed by atoms with Gasteiger partial charge in [0.1, 0.15) is 5.60 Å². The van der Waals surface area contributed by atoms with Gasteiger partial charge in [-0.3, -0.25) is 0 Å². The van der Waals surface area contributed by atoms with Gasteiger partial charge in [0.25, 0.3) is 0 Å². The van der Waals surface area contributed by atoms with E-state index >= 15 is 0 Å². The molecule has 0 radical (unpaired) electrons. The molecular weight excluding hydrogens is 286 g/mol. The first-order chi connectivity index (χ1) is 9.97. The molecule has 1 aromatic carbocycles. The molecule has 1 aromatic rings. The Kier molecular flexibility index (Phi) is 3.84. The van der Waals surface area contributed by atoms with Crippen molar-refractivity contribution in [3.8, 4) is 0 Å². The summed E-state index contributed by atoms with van der Waals surface area (Å²) in [5, 5.41) is 14.7. The fourth-order valence-electron chi connectivity index (χ4n) is 3.72. The first-order valence-electron chi connectivity index (χ1n) is 7.75. The van der Waals surface area contributed by atoms with E-state index in [0.717, 1.165) is 25.8 Å². The number of aliphatic hydroxyl groups is 1. The van der Waals surface area contributed by atoms with Crippen LogP contribution in [0.3, 0.4) is 0 Å². The van der Waals surface area contributed by atoms with Gasteiger partial charge in [0.05, 0.1) is 10.6 Å². The number of sulfone groups is 1. The van der Waals surface area contributed by atoms with Crippen molar-refractivity contribution in [2.45, 2.75) is 49.1 Å². The van der Waals surface area contributed by atoms with Crippen LogP contribution in [0.5, 0.6) is 0 Å². The first kappa shape index (κ1) is 15.0. The highest BCUT2D eigenvalue weighted by Crippen LogP contribution is 2.42. The zero-order valence-corrected chi connectivity index (χ0v) is 13.2. The maximum absolute atomic E-state index is 12.2. The lowest BCUT2D eigenvalue weighted by atomic mass is 9.76. The normalized spacial score (nSPS) is 35.1. The van der Waals surface area contributed by atoms with Gasteiger partial charge in [-0.2, -0.15) is 0 Å². The molecule has 0 aliphatic carbocycles. The molecule has 2 N–H and O–H groups in total. The first-order valence-corrected chi connectivity index (χ1v) is 9.40. The summed E-state index contributed by atoms with van der Waals surface area (Å²) in [6.07, 6.45) is 3.42. The van der Waals surface area contributed by atoms with Crippen LogP contribution in [-0.4, -0.2) is 31.9 Å². The Morgan fingerprint density at radius 1 is 1.38 bits per heavy atom. The van der Waals surface area contributed by atoms with E-state index in [2.05, 4.69) is 12.2 Å². The van der Waals surface area contributed by atoms with Crippen LogP contribution in [0.2, 0.25) is 0 Å². The van der Waals surface area contributed by atoms with Crippen molar-refractivity contribution in [2.24, 2.45) is 5.92 Å². The molecule has 0 aromatic heterocycles. The summed E-state index contributed by atoms with van der Waals surface area (Å²) < 4.78 is 24.5. The summed E-state index contributed by atoms with van der Waals surface area (Å²) in [5.74, 6) is 0.626. The predicted octanol–water partition coefficient (Wildman–Crippen LogP) is 1.83. The summed E-state index contributed by atoms with van der Waals surface area (Å²) in [6.45, 7) is 3.07. The number of piperidine rings is 1. The van der Waals surface area contributed by atoms with Crippen LogP contribution in [0, 0.1) is 5.92 Å². The second kappa shape index (κ2) is 5.38. The third-order valence-corrected chi connectivity index (χ3v) is 6.87. The van der Waals surface area contributed by atoms with E-state index < -0.39 is 15.4 Å². The molecule has 116 valence electrons. The minimum atomic E-state index is -3.26. The number of rotatable bonds is 2. The van der Waals surface area contributed by atoms with Crippen LogP contribution in [0.25, 0.3) is 0 Å². The van der Waals surface area contributed by atoms with Gasteiger partial charge >= 0.3 is 0 Å². The van der Waals surface area contributed by atoms with Gasteiger partial charge in [-0.05, 0) is 37.8 Å². The fraction of sp³-hybridized carbons (Fsp3) is 0.625. The van der Waals surface area contributed by atoms with Crippen molar-refractivity contribution in [3.63, 3.8) is 0 Å². The average molecular weight is 309 g/mol. The maximum atomic E-state index is 12.2. The monoisotopic (exact) mass is 309 g/mol. The Balaban J connectivity index is 2.02. The molecule has 0 spiro atoms. The van der Waals surface area contributed by atoms with Gasteiger partial charge in [-0.1, -0.05) is 31.5 Å². The van der Waals surface area contributed by atoms with E-state index in [0.29, 0.717) is 16.4 Å². The molecule has 21 heavy (non-hydrogen) atoms. The van der Waals surface area contributed by atoms with Gasteiger partial charge in [-0.25, -0.2) is 8.42 Å². The number of hydrogen-bond acceptors (Lipinski definition) is 4. The van der Waals surface area contributed by atoms with Gasteiger partial charge in [-0.15, -0.1) is 0 Å². The average Bonchev–Trinajstić information content (AvgIpc) is 2.52. The Hall–Kier alpha value is -0.910. The number of benzene rings is 1. The molecule has 5 heteroatoms. The van der Waals surface area contributed by atoms with E-state index in [4.69, 9.17) is 0 Å². The van der Waals surface area contributed by atoms with Crippen LogP contribution in [0.4, 0.5) is 0 Å². The largest absolute Gasteiger partial charge is 0.383 e. The zero-order valence-electron chi connectivity index (χ0n) is 12.4. The number of hydrogen-bond donors (Lipinski definition) is 2. The van der Waals surface area contributed by atoms with Crippen LogP contribution in [0.1, 0.15) is 38.2 Å². The van der Waals surface area contributed by atoms with Crippen LogP contribution in [-0.2, 0) is 15.4 Å². The van der Waals surface area contributed by atoms with Crippen molar-refractivity contribution >= 4 is 9.84 Å². The standard InChI is InChI=1S/C16H23NO3S/c1-2-12-7-9-17-15(11-12)16(18)8-10-21(19,20)14-6-4-3-5-13(14)16/h3-6,12,15,17-18H,2,7-11H2,1H3. The van der Waals surface area contributed by atoms with Crippen LogP contribution >= 0.6 is 0 Å². The fourth-order valence-corrected chi connectivity index (χ4v) is 5.39. The molecule has 1 fully saturated rings. The lowest BCUT2D eigenvalue weighted by molar-refractivity contribution is -0.0271. The molecule has 2 heterocycles. The summed E-state index contributed by atoms with van der Waals surface area (Å²) in [7, 11) is -3.26. The highest BCUT2D eigenvalue weighted by Gasteiger charge is 2.46. The Morgan fingerprint density at radius 2 is 2.14 bits per heavy atom. The Morgan fingerprint density at radius 3 is 2.90 bits per heavy atom. The lowest BCUT2D eigenvalue weighted by Crippen LogP contribution is -2.55. The highest BCUT2D eigenvalue weighted by molar-refractivity contribution is 7.91. The molecule has 0 bridgehead atoms. The predicted molar refractivity (Wildman–Crippen MR) is 81.8 cm³/mol. The minimum Gasteiger partial charge on any atom is -0.383 e. The Bertz CT molecular complexity index is 628. The number of nitrogens with one attached hydrogen (secondary N) is 1. The topological polar surface area (TPSA) is 66.4 Å². The lowest BCUT2D eigenvalue weighted by Gasteiger charge is -2.44. The quantitative estimate of drug-likeness (QED) is 0.875. The van der Waals surface area contributed by atoms with E-state index in [1.165, 1.54) is 0 Å². The summed E-state index contributed by atoms with van der Waals surface area (Å²) in [4.78, 5) is 0.305. The third-order valence-electron chi connectivity index (χ3n) is 5.11. The molecular formula is C16H23NO3S. The van der Waals surface area contributed by atoms with E-state index in [1.54, 1.807) is 18.2 Å². The van der Waals surface area contributed by atoms with Crippen LogP contribution in [0.15, 0.2) is 29.2 Å². The molecule has 2 aliphatic rings. The summed E-state index contributed by atoms with van der Waals surface area (Å²) >= 11 is 0. The smallest absolute Gasteiger partial charge is 0.178 e. The van der Waals surface area contributed by atoms with Gasteiger partial charge in [0, 0.05) is 11.6 Å². The maximum Gasteiger partial charge on any atom is 0.178 e. The van der Waals surface area contributed by atoms with Crippen molar-refractivity contribution < 1.29 is 13.5 Å². The van der Waals surface area contributed by atoms with Gasteiger partial charge in [0.2, 0.25) is 0 Å². The summed E-state index contributed by atoms with van der Waals surface area (Å²) in [5.41, 5.74) is -0.499. The molecule has 4 nitrogen and oxygen atoms in total. The molecule has 2 aliphatic heterocycles. The van der Waals surface area contributed by atoms with Crippen LogP contribution < -0.4 is 5.32 Å². The van der Waals surface area contributed by atoms with Gasteiger partial charge in [0.15, 0.2) is 9.84 Å². The minimum absolute atomic E-state index is 0.0233. The molecule has 3 rings (SSSR count). The SMILES string of the molecule is CCC1CCNC(C2(O)CCS(=O)(=O)c3ccccc32)C1. The second-order valence-electron chi connectivity index (χ2n) is 6.29. The Labute approximate surface area is 126 Å². The highest BCUT2D eigenvalue weighted by atomic mass is 32.2. The van der Waals surface area contributed by atoms with E-state index in [-0.39, 0.29) is 18.2 Å². The number of fused-ring (bicyclic) bond motifs is 1. The van der Waals surface area contributed by atoms with E-state index in [1.807, 2.05) is 6.07 Å². The molecule has 0 saturated carbocycles. The molecule has 0 amide bonds. The van der Waals surface area contributed by atoms with Crippen molar-refractivity contribution in [3.05, 3.63) is 29.8 Å². The van der Waals surface area contributed by atoms with Crippen molar-refractivity contribution in [2.75, 3.05) is 12.3 Å². The molecule has 3 atom stereocenters. The molecule has 1 saturated heterocycles. The third kappa shape index (κ3) is 2.51. The zero-order chi connectivity index (χ0) is 15.1. The van der Waals surface area contributed by atoms with E-state index in [9.17, 15) is 13.5 Å². The second-order valence-corrected chi connectivity index (χ2v) is 8.37. The van der Waals surface area contributed by atoms with Crippen molar-refractivity contribution in [1.82, 2.24) is 5.32 Å².